The Morgan fingerprint density at radius 2 is 2.38 bits per heavy atom. The quantitative estimate of drug-likeness (QED) is 0.743. The third kappa shape index (κ3) is 1.59. The predicted octanol–water partition coefficient (Wildman–Crippen LogP) is 1.08. The first-order valence-corrected chi connectivity index (χ1v) is 3.82. The van der Waals surface area contributed by atoms with Crippen LogP contribution in [0, 0.1) is 0 Å². The van der Waals surface area contributed by atoms with Gasteiger partial charge in [0.2, 0.25) is 5.56 Å². The Kier molecular flexibility index (Phi) is 1.86. The maximum Gasteiger partial charge on any atom is 0.264 e. The first-order valence-electron chi connectivity index (χ1n) is 3.44. The van der Waals surface area contributed by atoms with E-state index < -0.39 is 0 Å². The highest BCUT2D eigenvalue weighted by Crippen LogP contribution is 2.15. The molecule has 13 heavy (non-hydrogen) atoms. The Balaban J connectivity index is 2.52. The van der Waals surface area contributed by atoms with Gasteiger partial charge in [-0.25, -0.2) is 0 Å². The number of nitrogens with zero attached hydrogens (tertiary/aromatic N) is 2. The van der Waals surface area contributed by atoms with Gasteiger partial charge in [-0.2, -0.15) is 4.98 Å². The van der Waals surface area contributed by atoms with Crippen LogP contribution in [-0.2, 0) is 0 Å². The molecule has 0 spiro atoms. The van der Waals surface area contributed by atoms with E-state index in [1.54, 1.807) is 6.07 Å². The topological polar surface area (TPSA) is 71.8 Å². The van der Waals surface area contributed by atoms with E-state index >= 15 is 0 Å². The van der Waals surface area contributed by atoms with E-state index in [0.29, 0.717) is 5.56 Å². The third-order valence-corrected chi connectivity index (χ3v) is 1.58. The summed E-state index contributed by atoms with van der Waals surface area (Å²) in [5.41, 5.74) is 0.315. The van der Waals surface area contributed by atoms with Gasteiger partial charge in [0.15, 0.2) is 0 Å². The molecule has 0 radical (unpaired) electrons. The number of rotatable bonds is 1. The van der Waals surface area contributed by atoms with Crippen molar-refractivity contribution in [3.05, 3.63) is 34.0 Å². The van der Waals surface area contributed by atoms with Crippen LogP contribution in [0.3, 0.4) is 0 Å². The molecular formula is C7H4ClN3O2. The van der Waals surface area contributed by atoms with Gasteiger partial charge in [-0.3, -0.25) is 4.79 Å². The minimum Gasteiger partial charge on any atom is -0.333 e. The van der Waals surface area contributed by atoms with Gasteiger partial charge >= 0.3 is 0 Å². The molecular weight excluding hydrogens is 194 g/mol. The minimum atomic E-state index is -0.230. The zero-order valence-corrected chi connectivity index (χ0v) is 7.08. The monoisotopic (exact) mass is 197 g/mol. The number of hydrogen-bond donors (Lipinski definition) is 1. The Hall–Kier alpha value is -1.62. The lowest BCUT2D eigenvalue weighted by atomic mass is 10.3. The maximum absolute atomic E-state index is 10.9. The van der Waals surface area contributed by atoms with Gasteiger partial charge in [0.1, 0.15) is 0 Å². The second-order valence-electron chi connectivity index (χ2n) is 2.31. The van der Waals surface area contributed by atoms with Crippen LogP contribution in [0.1, 0.15) is 0 Å². The summed E-state index contributed by atoms with van der Waals surface area (Å²) in [5, 5.41) is 3.41. The Morgan fingerprint density at radius 3 is 3.00 bits per heavy atom. The summed E-state index contributed by atoms with van der Waals surface area (Å²) in [6.45, 7) is 0. The van der Waals surface area contributed by atoms with E-state index in [2.05, 4.69) is 15.1 Å². The van der Waals surface area contributed by atoms with Crippen LogP contribution in [0.4, 0.5) is 0 Å². The van der Waals surface area contributed by atoms with Crippen molar-refractivity contribution in [3.63, 3.8) is 0 Å². The zero-order chi connectivity index (χ0) is 9.26. The highest BCUT2D eigenvalue weighted by molar-refractivity contribution is 6.28. The van der Waals surface area contributed by atoms with Gasteiger partial charge in [-0.15, -0.1) is 0 Å². The third-order valence-electron chi connectivity index (χ3n) is 1.42. The van der Waals surface area contributed by atoms with Crippen molar-refractivity contribution in [3.8, 4) is 11.5 Å². The normalized spacial score (nSPS) is 10.2. The van der Waals surface area contributed by atoms with Crippen molar-refractivity contribution in [1.29, 1.82) is 0 Å². The van der Waals surface area contributed by atoms with Crippen LogP contribution in [0.2, 0.25) is 5.28 Å². The van der Waals surface area contributed by atoms with Crippen molar-refractivity contribution in [2.75, 3.05) is 0 Å². The Morgan fingerprint density at radius 1 is 1.54 bits per heavy atom. The molecule has 0 aliphatic heterocycles. The van der Waals surface area contributed by atoms with Crippen molar-refractivity contribution < 1.29 is 4.52 Å². The van der Waals surface area contributed by atoms with Gasteiger partial charge in [0.05, 0.1) is 0 Å². The SMILES string of the molecule is O=c1cc(-c2nc(Cl)no2)cc[nH]1. The standard InChI is InChI=1S/C7H4ClN3O2/c8-7-10-6(13-11-7)4-1-2-9-5(12)3-4/h1-3H,(H,9,12). The number of pyridine rings is 1. The summed E-state index contributed by atoms with van der Waals surface area (Å²) in [6.07, 6.45) is 1.50. The van der Waals surface area contributed by atoms with Crippen molar-refractivity contribution in [1.82, 2.24) is 15.1 Å². The molecule has 0 atom stereocenters. The molecule has 0 aliphatic carbocycles. The van der Waals surface area contributed by atoms with Crippen molar-refractivity contribution >= 4 is 11.6 Å². The lowest BCUT2D eigenvalue weighted by Gasteiger charge is -1.89. The summed E-state index contributed by atoms with van der Waals surface area (Å²) < 4.78 is 4.76. The molecule has 5 nitrogen and oxygen atoms in total. The van der Waals surface area contributed by atoms with E-state index in [-0.39, 0.29) is 16.7 Å². The molecule has 2 aromatic rings. The van der Waals surface area contributed by atoms with Crippen LogP contribution in [-0.4, -0.2) is 15.1 Å². The zero-order valence-electron chi connectivity index (χ0n) is 6.32. The number of hydrogen-bond acceptors (Lipinski definition) is 4. The smallest absolute Gasteiger partial charge is 0.264 e. The van der Waals surface area contributed by atoms with Crippen LogP contribution < -0.4 is 5.56 Å². The summed E-state index contributed by atoms with van der Waals surface area (Å²) in [6, 6.07) is 3.00. The van der Waals surface area contributed by atoms with Gasteiger partial charge in [0, 0.05) is 17.8 Å². The van der Waals surface area contributed by atoms with E-state index in [1.807, 2.05) is 0 Å². The number of halogens is 1. The lowest BCUT2D eigenvalue weighted by molar-refractivity contribution is 0.430. The van der Waals surface area contributed by atoms with Crippen LogP contribution in [0.15, 0.2) is 27.6 Å². The fourth-order valence-corrected chi connectivity index (χ4v) is 1.01. The Bertz CT molecular complexity index is 476. The van der Waals surface area contributed by atoms with Gasteiger partial charge < -0.3 is 9.51 Å². The first-order chi connectivity index (χ1) is 6.25. The molecule has 0 aromatic carbocycles. The molecule has 6 heteroatoms. The first kappa shape index (κ1) is 8.00. The largest absolute Gasteiger partial charge is 0.333 e. The number of aromatic amines is 1. The minimum absolute atomic E-state index is 0.0234. The summed E-state index contributed by atoms with van der Waals surface area (Å²) >= 11 is 5.45. The fraction of sp³-hybridized carbons (Fsp3) is 0. The van der Waals surface area contributed by atoms with Gasteiger partial charge in [0.25, 0.3) is 11.2 Å². The highest BCUT2D eigenvalue weighted by Gasteiger charge is 2.06. The maximum atomic E-state index is 10.9. The molecule has 0 bridgehead atoms. The molecule has 2 heterocycles. The van der Waals surface area contributed by atoms with Crippen molar-refractivity contribution in [2.45, 2.75) is 0 Å². The molecule has 0 fully saturated rings. The average Bonchev–Trinajstić information content (AvgIpc) is 2.52. The lowest BCUT2D eigenvalue weighted by Crippen LogP contribution is -2.01. The van der Waals surface area contributed by atoms with Gasteiger partial charge in [-0.1, -0.05) is 0 Å². The van der Waals surface area contributed by atoms with Crippen LogP contribution >= 0.6 is 11.6 Å². The van der Waals surface area contributed by atoms with E-state index in [9.17, 15) is 4.79 Å². The highest BCUT2D eigenvalue weighted by atomic mass is 35.5. The molecule has 0 saturated carbocycles. The molecule has 0 aliphatic rings. The predicted molar refractivity (Wildman–Crippen MR) is 45.4 cm³/mol. The number of aromatic nitrogens is 3. The summed E-state index contributed by atoms with van der Waals surface area (Å²) in [5.74, 6) is 0.233. The molecule has 66 valence electrons. The average molecular weight is 198 g/mol. The molecule has 0 amide bonds. The van der Waals surface area contributed by atoms with Crippen molar-refractivity contribution in [2.24, 2.45) is 0 Å². The molecule has 2 rings (SSSR count). The van der Waals surface area contributed by atoms with Crippen LogP contribution in [0.25, 0.3) is 11.5 Å². The van der Waals surface area contributed by atoms with Gasteiger partial charge in [-0.05, 0) is 22.8 Å². The number of nitrogens with one attached hydrogen (secondary N) is 1. The molecule has 0 unspecified atom stereocenters. The van der Waals surface area contributed by atoms with E-state index in [4.69, 9.17) is 16.1 Å². The second-order valence-corrected chi connectivity index (χ2v) is 2.65. The summed E-state index contributed by atoms with van der Waals surface area (Å²) in [7, 11) is 0. The molecule has 0 saturated heterocycles. The Labute approximate surface area is 77.4 Å². The van der Waals surface area contributed by atoms with E-state index in [1.165, 1.54) is 12.3 Å². The van der Waals surface area contributed by atoms with Crippen LogP contribution in [0.5, 0.6) is 0 Å². The molecule has 2 aromatic heterocycles. The number of H-pyrrole nitrogens is 1. The fourth-order valence-electron chi connectivity index (χ4n) is 0.900. The molecule has 1 N–H and O–H groups in total. The second kappa shape index (κ2) is 3.02. The van der Waals surface area contributed by atoms with E-state index in [0.717, 1.165) is 0 Å². The summed E-state index contributed by atoms with van der Waals surface area (Å²) in [4.78, 5) is 17.1.